The molecule has 0 aromatic heterocycles. The van der Waals surface area contributed by atoms with Gasteiger partial charge in [0.2, 0.25) is 0 Å². The first kappa shape index (κ1) is 13.1. The van der Waals surface area contributed by atoms with E-state index < -0.39 is 0 Å². The molecule has 0 aliphatic heterocycles. The average molecular weight is 182 g/mol. The molecular weight excluding hydrogens is 166 g/mol. The number of carbonyl (C=O) groups excluding carboxylic acids is 1. The van der Waals surface area contributed by atoms with Crippen molar-refractivity contribution in [3.63, 3.8) is 0 Å². The van der Waals surface area contributed by atoms with Crippen molar-refractivity contribution in [3.05, 3.63) is 0 Å². The highest BCUT2D eigenvalue weighted by Crippen LogP contribution is 1.69. The van der Waals surface area contributed by atoms with E-state index in [2.05, 4.69) is 10.6 Å². The fourth-order valence-electron chi connectivity index (χ4n) is 0.487. The van der Waals surface area contributed by atoms with Crippen LogP contribution < -0.4 is 16.4 Å². The summed E-state index contributed by atoms with van der Waals surface area (Å²) in [6.07, 6.45) is 0.954. The Morgan fingerprint density at radius 2 is 1.91 bits per heavy atom. The molecule has 68 valence electrons. The van der Waals surface area contributed by atoms with Gasteiger partial charge in [0.15, 0.2) is 0 Å². The van der Waals surface area contributed by atoms with E-state index in [0.717, 1.165) is 13.0 Å². The van der Waals surface area contributed by atoms with E-state index >= 15 is 0 Å². The van der Waals surface area contributed by atoms with Crippen molar-refractivity contribution in [2.45, 2.75) is 13.3 Å². The van der Waals surface area contributed by atoms with Crippen molar-refractivity contribution in [3.8, 4) is 0 Å². The molecule has 5 heteroatoms. The second-order valence-corrected chi connectivity index (χ2v) is 1.97. The summed E-state index contributed by atoms with van der Waals surface area (Å²) in [5.41, 5.74) is 5.16. The summed E-state index contributed by atoms with van der Waals surface area (Å²) in [4.78, 5) is 10.7. The Hall–Kier alpha value is -0.480. The third-order valence-corrected chi connectivity index (χ3v) is 0.965. The molecule has 0 bridgehead atoms. The van der Waals surface area contributed by atoms with Crippen molar-refractivity contribution in [2.75, 3.05) is 19.6 Å². The predicted molar refractivity (Wildman–Crippen MR) is 48.0 cm³/mol. The molecule has 0 saturated heterocycles. The molecule has 0 aliphatic rings. The monoisotopic (exact) mass is 181 g/mol. The van der Waals surface area contributed by atoms with E-state index in [4.69, 9.17) is 5.73 Å². The van der Waals surface area contributed by atoms with Gasteiger partial charge < -0.3 is 16.4 Å². The summed E-state index contributed by atoms with van der Waals surface area (Å²) in [5.74, 6) is 0. The van der Waals surface area contributed by atoms with E-state index in [1.165, 1.54) is 0 Å². The standard InChI is InChI=1S/C6H15N3O.ClH/c1-2-4-8-6(10)9-5-3-7;/h2-5,7H2,1H3,(H2,8,9,10);1H. The summed E-state index contributed by atoms with van der Waals surface area (Å²) in [6.45, 7) is 3.74. The second-order valence-electron chi connectivity index (χ2n) is 1.97. The minimum absolute atomic E-state index is 0. The SMILES string of the molecule is CCCNC(=O)NCCN.Cl. The third-order valence-electron chi connectivity index (χ3n) is 0.965. The molecule has 4 N–H and O–H groups in total. The lowest BCUT2D eigenvalue weighted by molar-refractivity contribution is 0.241. The van der Waals surface area contributed by atoms with Gasteiger partial charge in [-0.25, -0.2) is 4.79 Å². The first-order valence-corrected chi connectivity index (χ1v) is 3.53. The number of halogens is 1. The van der Waals surface area contributed by atoms with Gasteiger partial charge in [0.1, 0.15) is 0 Å². The summed E-state index contributed by atoms with van der Waals surface area (Å²) in [7, 11) is 0. The lowest BCUT2D eigenvalue weighted by Gasteiger charge is -2.03. The number of hydrogen-bond acceptors (Lipinski definition) is 2. The highest BCUT2D eigenvalue weighted by atomic mass is 35.5. The van der Waals surface area contributed by atoms with Gasteiger partial charge in [0.05, 0.1) is 0 Å². The van der Waals surface area contributed by atoms with Gasteiger partial charge in [0, 0.05) is 19.6 Å². The molecule has 0 unspecified atom stereocenters. The quantitative estimate of drug-likeness (QED) is 0.575. The Balaban J connectivity index is 0. The van der Waals surface area contributed by atoms with Crippen LogP contribution in [-0.4, -0.2) is 25.7 Å². The number of urea groups is 1. The maximum Gasteiger partial charge on any atom is 0.314 e. The molecule has 11 heavy (non-hydrogen) atoms. The summed E-state index contributed by atoms with van der Waals surface area (Å²) in [5, 5.41) is 5.25. The molecule has 0 fully saturated rings. The molecule has 0 rings (SSSR count). The van der Waals surface area contributed by atoms with Crippen LogP contribution in [0.1, 0.15) is 13.3 Å². The first-order chi connectivity index (χ1) is 4.81. The van der Waals surface area contributed by atoms with Crippen LogP contribution in [0.2, 0.25) is 0 Å². The van der Waals surface area contributed by atoms with Gasteiger partial charge in [-0.15, -0.1) is 12.4 Å². The normalized spacial score (nSPS) is 8.18. The van der Waals surface area contributed by atoms with Crippen LogP contribution in [0.5, 0.6) is 0 Å². The Kier molecular flexibility index (Phi) is 11.4. The van der Waals surface area contributed by atoms with Gasteiger partial charge in [-0.3, -0.25) is 0 Å². The maximum atomic E-state index is 10.7. The minimum Gasteiger partial charge on any atom is -0.338 e. The summed E-state index contributed by atoms with van der Waals surface area (Å²) < 4.78 is 0. The minimum atomic E-state index is -0.132. The fourth-order valence-corrected chi connectivity index (χ4v) is 0.487. The highest BCUT2D eigenvalue weighted by Gasteiger charge is 1.93. The molecule has 0 aromatic carbocycles. The van der Waals surface area contributed by atoms with E-state index in [1.807, 2.05) is 6.92 Å². The largest absolute Gasteiger partial charge is 0.338 e. The van der Waals surface area contributed by atoms with Crippen molar-refractivity contribution in [1.29, 1.82) is 0 Å². The van der Waals surface area contributed by atoms with Crippen LogP contribution in [0.4, 0.5) is 4.79 Å². The topological polar surface area (TPSA) is 67.2 Å². The number of nitrogens with two attached hydrogens (primary N) is 1. The summed E-state index contributed by atoms with van der Waals surface area (Å²) in [6, 6.07) is -0.132. The van der Waals surface area contributed by atoms with Crippen LogP contribution in [0.25, 0.3) is 0 Å². The number of nitrogens with one attached hydrogen (secondary N) is 2. The fraction of sp³-hybridized carbons (Fsp3) is 0.833. The van der Waals surface area contributed by atoms with Crippen LogP contribution in [0.15, 0.2) is 0 Å². The lowest BCUT2D eigenvalue weighted by Crippen LogP contribution is -2.38. The van der Waals surface area contributed by atoms with Crippen molar-refractivity contribution in [1.82, 2.24) is 10.6 Å². The van der Waals surface area contributed by atoms with Gasteiger partial charge in [-0.05, 0) is 6.42 Å². The van der Waals surface area contributed by atoms with Crippen LogP contribution >= 0.6 is 12.4 Å². The first-order valence-electron chi connectivity index (χ1n) is 3.53. The third kappa shape index (κ3) is 9.52. The lowest BCUT2D eigenvalue weighted by atomic mass is 10.5. The Morgan fingerprint density at radius 1 is 1.36 bits per heavy atom. The molecular formula is C6H16ClN3O. The van der Waals surface area contributed by atoms with Crippen molar-refractivity contribution >= 4 is 18.4 Å². The predicted octanol–water partition coefficient (Wildman–Crippen LogP) is 0.0761. The van der Waals surface area contributed by atoms with Crippen LogP contribution in [-0.2, 0) is 0 Å². The van der Waals surface area contributed by atoms with Crippen LogP contribution in [0.3, 0.4) is 0 Å². The number of carbonyl (C=O) groups is 1. The smallest absolute Gasteiger partial charge is 0.314 e. The zero-order chi connectivity index (χ0) is 7.82. The molecule has 0 saturated carbocycles. The van der Waals surface area contributed by atoms with Gasteiger partial charge >= 0.3 is 6.03 Å². The van der Waals surface area contributed by atoms with Gasteiger partial charge in [0.25, 0.3) is 0 Å². The second kappa shape index (κ2) is 9.52. The molecule has 0 aliphatic carbocycles. The zero-order valence-electron chi connectivity index (χ0n) is 6.72. The highest BCUT2D eigenvalue weighted by molar-refractivity contribution is 5.85. The molecule has 4 nitrogen and oxygen atoms in total. The Bertz CT molecular complexity index is 89.8. The van der Waals surface area contributed by atoms with E-state index in [-0.39, 0.29) is 18.4 Å². The molecule has 0 aromatic rings. The van der Waals surface area contributed by atoms with Gasteiger partial charge in [-0.1, -0.05) is 6.92 Å². The van der Waals surface area contributed by atoms with E-state index in [9.17, 15) is 4.79 Å². The molecule has 2 amide bonds. The van der Waals surface area contributed by atoms with E-state index in [1.54, 1.807) is 0 Å². The average Bonchev–Trinajstić information content (AvgIpc) is 1.97. The van der Waals surface area contributed by atoms with E-state index in [0.29, 0.717) is 13.1 Å². The van der Waals surface area contributed by atoms with Gasteiger partial charge in [-0.2, -0.15) is 0 Å². The molecule has 0 heterocycles. The summed E-state index contributed by atoms with van der Waals surface area (Å²) >= 11 is 0. The molecule has 0 spiro atoms. The number of hydrogen-bond donors (Lipinski definition) is 3. The Morgan fingerprint density at radius 3 is 2.36 bits per heavy atom. The number of amides is 2. The zero-order valence-corrected chi connectivity index (χ0v) is 7.54. The Labute approximate surface area is 73.3 Å². The molecule has 0 atom stereocenters. The molecule has 0 radical (unpaired) electrons. The van der Waals surface area contributed by atoms with Crippen molar-refractivity contribution < 1.29 is 4.79 Å². The van der Waals surface area contributed by atoms with Crippen molar-refractivity contribution in [2.24, 2.45) is 5.73 Å². The maximum absolute atomic E-state index is 10.7. The number of rotatable bonds is 4. The van der Waals surface area contributed by atoms with Crippen LogP contribution in [0, 0.1) is 0 Å².